The summed E-state index contributed by atoms with van der Waals surface area (Å²) in [6.45, 7) is 4.15. The van der Waals surface area contributed by atoms with Crippen LogP contribution in [0.5, 0.6) is 0 Å². The predicted molar refractivity (Wildman–Crippen MR) is 57.3 cm³/mol. The number of hydrogen-bond donors (Lipinski definition) is 3. The molecule has 4 nitrogen and oxygen atoms in total. The number of aliphatic hydroxyl groups is 1. The van der Waals surface area contributed by atoms with Gasteiger partial charge in [0.1, 0.15) is 0 Å². The van der Waals surface area contributed by atoms with Crippen molar-refractivity contribution >= 4 is 5.91 Å². The SMILES string of the molecule is CC(O)CNC(=O)C1CC12CCNCC2. The summed E-state index contributed by atoms with van der Waals surface area (Å²) in [4.78, 5) is 11.7. The van der Waals surface area contributed by atoms with Crippen molar-refractivity contribution in [3.05, 3.63) is 0 Å². The summed E-state index contributed by atoms with van der Waals surface area (Å²) < 4.78 is 0. The molecule has 2 rings (SSSR count). The molecule has 0 aromatic carbocycles. The van der Waals surface area contributed by atoms with Gasteiger partial charge in [-0.1, -0.05) is 0 Å². The van der Waals surface area contributed by atoms with E-state index < -0.39 is 6.10 Å². The summed E-state index contributed by atoms with van der Waals surface area (Å²) >= 11 is 0. The zero-order valence-electron chi connectivity index (χ0n) is 9.25. The molecule has 1 aliphatic heterocycles. The lowest BCUT2D eigenvalue weighted by molar-refractivity contribution is -0.123. The van der Waals surface area contributed by atoms with E-state index in [-0.39, 0.29) is 11.8 Å². The van der Waals surface area contributed by atoms with Gasteiger partial charge in [-0.2, -0.15) is 0 Å². The van der Waals surface area contributed by atoms with E-state index in [4.69, 9.17) is 5.11 Å². The maximum Gasteiger partial charge on any atom is 0.223 e. The first kappa shape index (κ1) is 10.9. The second kappa shape index (κ2) is 4.10. The normalized spacial score (nSPS) is 29.9. The number of piperidine rings is 1. The van der Waals surface area contributed by atoms with E-state index in [2.05, 4.69) is 10.6 Å². The number of nitrogens with one attached hydrogen (secondary N) is 2. The van der Waals surface area contributed by atoms with E-state index in [1.165, 1.54) is 0 Å². The van der Waals surface area contributed by atoms with E-state index in [1.807, 2.05) is 0 Å². The van der Waals surface area contributed by atoms with Gasteiger partial charge in [0, 0.05) is 12.5 Å². The van der Waals surface area contributed by atoms with Crippen LogP contribution in [0.2, 0.25) is 0 Å². The smallest absolute Gasteiger partial charge is 0.223 e. The Morgan fingerprint density at radius 2 is 2.27 bits per heavy atom. The summed E-state index contributed by atoms with van der Waals surface area (Å²) in [6.07, 6.45) is 2.84. The highest BCUT2D eigenvalue weighted by Gasteiger charge is 2.57. The molecule has 2 aliphatic rings. The van der Waals surface area contributed by atoms with Gasteiger partial charge in [0.25, 0.3) is 0 Å². The molecule has 2 atom stereocenters. The summed E-state index contributed by atoms with van der Waals surface area (Å²) in [5.41, 5.74) is 0.300. The molecule has 0 aromatic rings. The average molecular weight is 212 g/mol. The Labute approximate surface area is 90.4 Å². The minimum absolute atomic E-state index is 0.137. The van der Waals surface area contributed by atoms with Crippen LogP contribution in [0.15, 0.2) is 0 Å². The van der Waals surface area contributed by atoms with Crippen molar-refractivity contribution < 1.29 is 9.90 Å². The largest absolute Gasteiger partial charge is 0.392 e. The van der Waals surface area contributed by atoms with Crippen LogP contribution in [0, 0.1) is 11.3 Å². The van der Waals surface area contributed by atoms with Gasteiger partial charge >= 0.3 is 0 Å². The molecule has 0 radical (unpaired) electrons. The molecule has 1 spiro atoms. The van der Waals surface area contributed by atoms with E-state index in [1.54, 1.807) is 6.92 Å². The first-order chi connectivity index (χ1) is 7.14. The van der Waals surface area contributed by atoms with Gasteiger partial charge in [0.2, 0.25) is 5.91 Å². The third-order valence-corrected chi connectivity index (χ3v) is 3.68. The quantitative estimate of drug-likeness (QED) is 0.611. The van der Waals surface area contributed by atoms with Crippen LogP contribution >= 0.6 is 0 Å². The fraction of sp³-hybridized carbons (Fsp3) is 0.909. The number of amides is 1. The summed E-state index contributed by atoms with van der Waals surface area (Å²) in [6, 6.07) is 0. The van der Waals surface area contributed by atoms with Gasteiger partial charge in [-0.3, -0.25) is 4.79 Å². The summed E-state index contributed by atoms with van der Waals surface area (Å²) in [7, 11) is 0. The molecule has 1 heterocycles. The Kier molecular flexibility index (Phi) is 2.98. The Hall–Kier alpha value is -0.610. The molecule has 0 bridgehead atoms. The Bertz CT molecular complexity index is 247. The highest BCUT2D eigenvalue weighted by molar-refractivity contribution is 5.82. The van der Waals surface area contributed by atoms with Gasteiger partial charge < -0.3 is 15.7 Å². The topological polar surface area (TPSA) is 61.4 Å². The number of hydrogen-bond acceptors (Lipinski definition) is 3. The molecule has 86 valence electrons. The van der Waals surface area contributed by atoms with E-state index >= 15 is 0 Å². The molecule has 3 N–H and O–H groups in total. The second-order valence-corrected chi connectivity index (χ2v) is 4.96. The zero-order chi connectivity index (χ0) is 10.9. The Morgan fingerprint density at radius 3 is 2.87 bits per heavy atom. The van der Waals surface area contributed by atoms with Crippen LogP contribution in [0.3, 0.4) is 0 Å². The van der Waals surface area contributed by atoms with Gasteiger partial charge in [-0.15, -0.1) is 0 Å². The van der Waals surface area contributed by atoms with Crippen molar-refractivity contribution in [2.45, 2.75) is 32.3 Å². The Morgan fingerprint density at radius 1 is 1.60 bits per heavy atom. The number of carbonyl (C=O) groups is 1. The lowest BCUT2D eigenvalue weighted by Crippen LogP contribution is -2.36. The first-order valence-corrected chi connectivity index (χ1v) is 5.80. The summed E-state index contributed by atoms with van der Waals surface area (Å²) in [5.74, 6) is 0.344. The lowest BCUT2D eigenvalue weighted by Gasteiger charge is -2.23. The lowest BCUT2D eigenvalue weighted by atomic mass is 9.92. The van der Waals surface area contributed by atoms with E-state index in [0.29, 0.717) is 12.0 Å². The monoisotopic (exact) mass is 212 g/mol. The predicted octanol–water partition coefficient (Wildman–Crippen LogP) is -0.127. The standard InChI is InChI=1S/C11H20N2O2/c1-8(14)7-13-10(15)9-6-11(9)2-4-12-5-3-11/h8-9,12,14H,2-7H2,1H3,(H,13,15). The minimum atomic E-state index is -0.448. The molecular weight excluding hydrogens is 192 g/mol. The van der Waals surface area contributed by atoms with Gasteiger partial charge in [-0.05, 0) is 44.7 Å². The molecular formula is C11H20N2O2. The fourth-order valence-electron chi connectivity index (χ4n) is 2.57. The van der Waals surface area contributed by atoms with Crippen LogP contribution in [-0.2, 0) is 4.79 Å². The Balaban J connectivity index is 1.79. The van der Waals surface area contributed by atoms with Crippen molar-refractivity contribution in [1.29, 1.82) is 0 Å². The van der Waals surface area contributed by atoms with E-state index in [0.717, 1.165) is 32.4 Å². The van der Waals surface area contributed by atoms with Crippen LogP contribution < -0.4 is 10.6 Å². The third-order valence-electron chi connectivity index (χ3n) is 3.68. The van der Waals surface area contributed by atoms with Crippen LogP contribution in [-0.4, -0.2) is 36.8 Å². The minimum Gasteiger partial charge on any atom is -0.392 e. The summed E-state index contributed by atoms with van der Waals surface area (Å²) in [5, 5.41) is 15.2. The molecule has 15 heavy (non-hydrogen) atoms. The zero-order valence-corrected chi connectivity index (χ0v) is 9.25. The van der Waals surface area contributed by atoms with Gasteiger partial charge in [0.15, 0.2) is 0 Å². The van der Waals surface area contributed by atoms with Gasteiger partial charge in [-0.25, -0.2) is 0 Å². The average Bonchev–Trinajstić information content (AvgIpc) is 2.90. The van der Waals surface area contributed by atoms with E-state index in [9.17, 15) is 4.79 Å². The molecule has 2 unspecified atom stereocenters. The molecule has 1 saturated heterocycles. The maximum atomic E-state index is 11.7. The fourth-order valence-corrected chi connectivity index (χ4v) is 2.57. The maximum absolute atomic E-state index is 11.7. The highest BCUT2D eigenvalue weighted by atomic mass is 16.3. The molecule has 2 fully saturated rings. The third kappa shape index (κ3) is 2.32. The molecule has 0 aromatic heterocycles. The number of aliphatic hydroxyl groups excluding tert-OH is 1. The van der Waals surface area contributed by atoms with Crippen molar-refractivity contribution in [3.8, 4) is 0 Å². The number of rotatable bonds is 3. The van der Waals surface area contributed by atoms with Crippen molar-refractivity contribution in [3.63, 3.8) is 0 Å². The van der Waals surface area contributed by atoms with Crippen molar-refractivity contribution in [2.24, 2.45) is 11.3 Å². The van der Waals surface area contributed by atoms with Crippen LogP contribution in [0.25, 0.3) is 0 Å². The molecule has 4 heteroatoms. The van der Waals surface area contributed by atoms with Crippen LogP contribution in [0.4, 0.5) is 0 Å². The van der Waals surface area contributed by atoms with Crippen LogP contribution in [0.1, 0.15) is 26.2 Å². The second-order valence-electron chi connectivity index (χ2n) is 4.96. The van der Waals surface area contributed by atoms with Crippen molar-refractivity contribution in [1.82, 2.24) is 10.6 Å². The highest BCUT2D eigenvalue weighted by Crippen LogP contribution is 2.58. The molecule has 1 saturated carbocycles. The molecule has 1 aliphatic carbocycles. The van der Waals surface area contributed by atoms with Crippen molar-refractivity contribution in [2.75, 3.05) is 19.6 Å². The van der Waals surface area contributed by atoms with Gasteiger partial charge in [0.05, 0.1) is 6.10 Å². The molecule has 1 amide bonds. The number of carbonyl (C=O) groups excluding carboxylic acids is 1. The first-order valence-electron chi connectivity index (χ1n) is 5.80.